The Morgan fingerprint density at radius 3 is 2.37 bits per heavy atom. The summed E-state index contributed by atoms with van der Waals surface area (Å²) in [5, 5.41) is 1.69. The van der Waals surface area contributed by atoms with Gasteiger partial charge in [-0.2, -0.15) is 0 Å². The minimum Gasteiger partial charge on any atom is -0.364 e. The Balaban J connectivity index is 1.65. The Kier molecular flexibility index (Phi) is 6.72. The Labute approximate surface area is 160 Å². The summed E-state index contributed by atoms with van der Waals surface area (Å²) in [7, 11) is 0. The molecule has 0 atom stereocenters. The number of hydroxylamine groups is 2. The van der Waals surface area contributed by atoms with Gasteiger partial charge in [-0.3, -0.25) is 4.98 Å². The first kappa shape index (κ1) is 18.8. The van der Waals surface area contributed by atoms with Crippen LogP contribution in [-0.4, -0.2) is 22.6 Å². The number of hydrogen-bond donors (Lipinski definition) is 0. The molecule has 0 aliphatic rings. The van der Waals surface area contributed by atoms with E-state index in [2.05, 4.69) is 47.4 Å². The largest absolute Gasteiger partial charge is 0.364 e. The van der Waals surface area contributed by atoms with Crippen molar-refractivity contribution in [2.75, 3.05) is 6.54 Å². The van der Waals surface area contributed by atoms with Crippen LogP contribution in [0.1, 0.15) is 34.0 Å². The summed E-state index contributed by atoms with van der Waals surface area (Å²) in [4.78, 5) is 21.8. The molecule has 0 unspecified atom stereocenters. The molecule has 27 heavy (non-hydrogen) atoms. The van der Waals surface area contributed by atoms with E-state index in [1.54, 1.807) is 23.4 Å². The SMILES string of the molecule is CCN(Cc1ccccc1CCc1ccccc1)OC(=O)c1cccnc1. The molecule has 3 aromatic rings. The Morgan fingerprint density at radius 1 is 0.926 bits per heavy atom. The number of nitrogens with zero attached hydrogens (tertiary/aromatic N) is 2. The predicted octanol–water partition coefficient (Wildman–Crippen LogP) is 4.46. The second-order valence-electron chi connectivity index (χ2n) is 6.33. The van der Waals surface area contributed by atoms with Crippen molar-refractivity contribution < 1.29 is 9.63 Å². The molecule has 0 bridgehead atoms. The zero-order chi connectivity index (χ0) is 18.9. The Bertz CT molecular complexity index is 851. The average molecular weight is 360 g/mol. The van der Waals surface area contributed by atoms with E-state index in [4.69, 9.17) is 4.84 Å². The van der Waals surface area contributed by atoms with Gasteiger partial charge in [-0.25, -0.2) is 4.79 Å². The molecular formula is C23H24N2O2. The number of carbonyl (C=O) groups excluding carboxylic acids is 1. The third-order valence-electron chi connectivity index (χ3n) is 4.45. The molecule has 4 heteroatoms. The average Bonchev–Trinajstić information content (AvgIpc) is 2.74. The van der Waals surface area contributed by atoms with Crippen LogP contribution in [0.2, 0.25) is 0 Å². The summed E-state index contributed by atoms with van der Waals surface area (Å²) in [5.74, 6) is -0.383. The van der Waals surface area contributed by atoms with Crippen molar-refractivity contribution in [3.63, 3.8) is 0 Å². The minimum absolute atomic E-state index is 0.383. The lowest BCUT2D eigenvalue weighted by molar-refractivity contribution is -0.113. The molecule has 0 spiro atoms. The van der Waals surface area contributed by atoms with Gasteiger partial charge in [-0.1, -0.05) is 54.6 Å². The number of hydrogen-bond acceptors (Lipinski definition) is 4. The molecule has 0 saturated carbocycles. The highest BCUT2D eigenvalue weighted by molar-refractivity contribution is 5.88. The van der Waals surface area contributed by atoms with Crippen molar-refractivity contribution in [1.29, 1.82) is 0 Å². The molecule has 4 nitrogen and oxygen atoms in total. The molecule has 0 aliphatic carbocycles. The Hall–Kier alpha value is -2.98. The highest BCUT2D eigenvalue weighted by atomic mass is 16.7. The van der Waals surface area contributed by atoms with Crippen LogP contribution >= 0.6 is 0 Å². The van der Waals surface area contributed by atoms with Crippen molar-refractivity contribution in [2.45, 2.75) is 26.3 Å². The second kappa shape index (κ2) is 9.64. The zero-order valence-electron chi connectivity index (χ0n) is 15.5. The summed E-state index contributed by atoms with van der Waals surface area (Å²) in [6.45, 7) is 3.15. The molecule has 138 valence electrons. The number of aromatic nitrogens is 1. The van der Waals surface area contributed by atoms with E-state index >= 15 is 0 Å². The minimum atomic E-state index is -0.383. The van der Waals surface area contributed by atoms with Gasteiger partial charge in [0.1, 0.15) is 0 Å². The molecule has 2 aromatic carbocycles. The van der Waals surface area contributed by atoms with Crippen LogP contribution in [0.25, 0.3) is 0 Å². The molecular weight excluding hydrogens is 336 g/mol. The van der Waals surface area contributed by atoms with Gasteiger partial charge < -0.3 is 4.84 Å². The quantitative estimate of drug-likeness (QED) is 0.556. The first-order valence-electron chi connectivity index (χ1n) is 9.24. The van der Waals surface area contributed by atoms with Crippen molar-refractivity contribution in [2.24, 2.45) is 0 Å². The van der Waals surface area contributed by atoms with Crippen LogP contribution in [0.3, 0.4) is 0 Å². The number of benzene rings is 2. The van der Waals surface area contributed by atoms with Gasteiger partial charge >= 0.3 is 5.97 Å². The van der Waals surface area contributed by atoms with Gasteiger partial charge in [0.05, 0.1) is 12.1 Å². The second-order valence-corrected chi connectivity index (χ2v) is 6.33. The van der Waals surface area contributed by atoms with Crippen molar-refractivity contribution in [3.8, 4) is 0 Å². The predicted molar refractivity (Wildman–Crippen MR) is 106 cm³/mol. The van der Waals surface area contributed by atoms with Crippen molar-refractivity contribution in [3.05, 3.63) is 101 Å². The topological polar surface area (TPSA) is 42.4 Å². The summed E-state index contributed by atoms with van der Waals surface area (Å²) in [6.07, 6.45) is 5.09. The van der Waals surface area contributed by atoms with Gasteiger partial charge in [-0.15, -0.1) is 5.06 Å². The summed E-state index contributed by atoms with van der Waals surface area (Å²) < 4.78 is 0. The lowest BCUT2D eigenvalue weighted by Crippen LogP contribution is -2.27. The number of aryl methyl sites for hydroxylation is 2. The van der Waals surface area contributed by atoms with Crippen LogP contribution < -0.4 is 0 Å². The lowest BCUT2D eigenvalue weighted by atomic mass is 10.00. The number of pyridine rings is 1. The van der Waals surface area contributed by atoms with E-state index < -0.39 is 0 Å². The van der Waals surface area contributed by atoms with Gasteiger partial charge in [0, 0.05) is 18.9 Å². The normalized spacial score (nSPS) is 10.7. The highest BCUT2D eigenvalue weighted by Crippen LogP contribution is 2.16. The van der Waals surface area contributed by atoms with E-state index in [1.807, 2.05) is 19.1 Å². The molecule has 1 aromatic heterocycles. The van der Waals surface area contributed by atoms with Gasteiger partial charge in [0.2, 0.25) is 0 Å². The summed E-state index contributed by atoms with van der Waals surface area (Å²) in [5.41, 5.74) is 4.22. The smallest absolute Gasteiger partial charge is 0.358 e. The van der Waals surface area contributed by atoms with Crippen LogP contribution in [-0.2, 0) is 24.2 Å². The highest BCUT2D eigenvalue weighted by Gasteiger charge is 2.14. The maximum Gasteiger partial charge on any atom is 0.358 e. The molecule has 0 amide bonds. The van der Waals surface area contributed by atoms with E-state index in [0.29, 0.717) is 18.7 Å². The molecule has 3 rings (SSSR count). The van der Waals surface area contributed by atoms with Crippen LogP contribution in [0.15, 0.2) is 79.1 Å². The Morgan fingerprint density at radius 2 is 1.67 bits per heavy atom. The number of carbonyl (C=O) groups is 1. The van der Waals surface area contributed by atoms with Gasteiger partial charge in [-0.05, 0) is 48.6 Å². The number of rotatable bonds is 8. The van der Waals surface area contributed by atoms with Crippen LogP contribution in [0.5, 0.6) is 0 Å². The van der Waals surface area contributed by atoms with Crippen molar-refractivity contribution in [1.82, 2.24) is 10.0 Å². The molecule has 0 fully saturated rings. The van der Waals surface area contributed by atoms with Crippen LogP contribution in [0, 0.1) is 0 Å². The third kappa shape index (κ3) is 5.50. The summed E-state index contributed by atoms with van der Waals surface area (Å²) in [6, 6.07) is 22.2. The first-order valence-corrected chi connectivity index (χ1v) is 9.24. The monoisotopic (exact) mass is 360 g/mol. The zero-order valence-corrected chi connectivity index (χ0v) is 15.5. The summed E-state index contributed by atoms with van der Waals surface area (Å²) >= 11 is 0. The molecule has 1 heterocycles. The van der Waals surface area contributed by atoms with Gasteiger partial charge in [0.25, 0.3) is 0 Å². The van der Waals surface area contributed by atoms with E-state index in [1.165, 1.54) is 22.9 Å². The van der Waals surface area contributed by atoms with Crippen molar-refractivity contribution >= 4 is 5.97 Å². The lowest BCUT2D eigenvalue weighted by Gasteiger charge is -2.21. The maximum absolute atomic E-state index is 12.3. The van der Waals surface area contributed by atoms with E-state index in [-0.39, 0.29) is 5.97 Å². The van der Waals surface area contributed by atoms with E-state index in [0.717, 1.165) is 12.8 Å². The molecule has 0 aliphatic heterocycles. The standard InChI is InChI=1S/C23H24N2O2/c1-2-25(27-23(26)21-13-8-16-24-17-21)18-22-12-7-6-11-20(22)15-14-19-9-4-3-5-10-19/h3-13,16-17H,2,14-15,18H2,1H3. The fourth-order valence-electron chi connectivity index (χ4n) is 2.93. The fourth-order valence-corrected chi connectivity index (χ4v) is 2.93. The molecule has 0 radical (unpaired) electrons. The van der Waals surface area contributed by atoms with E-state index in [9.17, 15) is 4.79 Å². The fraction of sp³-hybridized carbons (Fsp3) is 0.217. The van der Waals surface area contributed by atoms with Gasteiger partial charge in [0.15, 0.2) is 0 Å². The third-order valence-corrected chi connectivity index (χ3v) is 4.45. The molecule has 0 saturated heterocycles. The molecule has 0 N–H and O–H groups in total. The first-order chi connectivity index (χ1) is 13.3. The van der Waals surface area contributed by atoms with Crippen LogP contribution in [0.4, 0.5) is 0 Å². The maximum atomic E-state index is 12.3.